The number of piperidine rings is 1. The first-order valence-electron chi connectivity index (χ1n) is 7.64. The molecule has 0 aromatic heterocycles. The highest BCUT2D eigenvalue weighted by molar-refractivity contribution is 5.83. The Morgan fingerprint density at radius 1 is 1.29 bits per heavy atom. The quantitative estimate of drug-likeness (QED) is 0.699. The van der Waals surface area contributed by atoms with Gasteiger partial charge in [0.1, 0.15) is 11.8 Å². The van der Waals surface area contributed by atoms with Gasteiger partial charge in [0.15, 0.2) is 0 Å². The van der Waals surface area contributed by atoms with E-state index in [1.807, 2.05) is 13.8 Å². The summed E-state index contributed by atoms with van der Waals surface area (Å²) >= 11 is 0. The minimum Gasteiger partial charge on any atom is -0.480 e. The van der Waals surface area contributed by atoms with Crippen LogP contribution >= 0.6 is 0 Å². The number of nitrogens with one attached hydrogen (secondary N) is 1. The van der Waals surface area contributed by atoms with Crippen LogP contribution in [0, 0.1) is 5.92 Å². The fraction of sp³-hybridized carbons (Fsp3) is 0.800. The van der Waals surface area contributed by atoms with Gasteiger partial charge in [-0.05, 0) is 25.3 Å². The first-order valence-corrected chi connectivity index (χ1v) is 7.64. The highest BCUT2D eigenvalue weighted by Crippen LogP contribution is 2.08. The third kappa shape index (κ3) is 7.22. The molecule has 6 heteroatoms. The number of amides is 1. The van der Waals surface area contributed by atoms with Crippen LogP contribution < -0.4 is 5.32 Å². The molecule has 0 bridgehead atoms. The van der Waals surface area contributed by atoms with Crippen molar-refractivity contribution in [3.8, 4) is 0 Å². The van der Waals surface area contributed by atoms with Crippen LogP contribution in [0.15, 0.2) is 0 Å². The van der Waals surface area contributed by atoms with Crippen LogP contribution in [0.4, 0.5) is 0 Å². The maximum absolute atomic E-state index is 11.8. The first kappa shape index (κ1) is 17.6. The van der Waals surface area contributed by atoms with Crippen LogP contribution in [-0.2, 0) is 14.4 Å². The molecule has 21 heavy (non-hydrogen) atoms. The molecule has 1 saturated heterocycles. The summed E-state index contributed by atoms with van der Waals surface area (Å²) in [7, 11) is 0. The maximum atomic E-state index is 11.8. The average Bonchev–Trinajstić information content (AvgIpc) is 2.39. The van der Waals surface area contributed by atoms with E-state index in [1.54, 1.807) is 0 Å². The number of carbonyl (C=O) groups excluding carboxylic acids is 2. The Hall–Kier alpha value is -1.43. The molecule has 0 aromatic rings. The normalized spacial score (nSPS) is 17.8. The molecule has 1 heterocycles. The van der Waals surface area contributed by atoms with Crippen LogP contribution in [0.5, 0.6) is 0 Å². The van der Waals surface area contributed by atoms with Crippen molar-refractivity contribution in [2.24, 2.45) is 5.92 Å². The van der Waals surface area contributed by atoms with Crippen LogP contribution in [0.25, 0.3) is 0 Å². The summed E-state index contributed by atoms with van der Waals surface area (Å²) in [6, 6.07) is -0.801. The number of carboxylic acid groups (broad SMARTS) is 1. The smallest absolute Gasteiger partial charge is 0.326 e. The number of ketones is 1. The second-order valence-corrected chi connectivity index (χ2v) is 6.07. The van der Waals surface area contributed by atoms with Crippen LogP contribution in [0.3, 0.4) is 0 Å². The minimum absolute atomic E-state index is 0.212. The zero-order valence-corrected chi connectivity index (χ0v) is 12.9. The molecule has 0 aromatic carbocycles. The lowest BCUT2D eigenvalue weighted by atomic mass is 10.0. The number of rotatable bonds is 8. The Labute approximate surface area is 125 Å². The molecule has 1 fully saturated rings. The number of hydrogen-bond donors (Lipinski definition) is 2. The van der Waals surface area contributed by atoms with Gasteiger partial charge in [0.2, 0.25) is 5.91 Å². The summed E-state index contributed by atoms with van der Waals surface area (Å²) in [5.74, 6) is -0.665. The van der Waals surface area contributed by atoms with Gasteiger partial charge in [0, 0.05) is 32.4 Å². The topological polar surface area (TPSA) is 86.7 Å². The third-order valence-electron chi connectivity index (χ3n) is 3.63. The fourth-order valence-electron chi connectivity index (χ4n) is 2.45. The molecule has 1 aliphatic rings. The van der Waals surface area contributed by atoms with Crippen molar-refractivity contribution in [2.45, 2.75) is 52.0 Å². The van der Waals surface area contributed by atoms with Gasteiger partial charge >= 0.3 is 5.97 Å². The molecule has 0 spiro atoms. The SMILES string of the molecule is CC(C)CC(NC(=O)CCCN1CCC(=O)CC1)C(=O)O. The molecule has 1 unspecified atom stereocenters. The van der Waals surface area contributed by atoms with Gasteiger partial charge in [-0.2, -0.15) is 0 Å². The highest BCUT2D eigenvalue weighted by atomic mass is 16.4. The maximum Gasteiger partial charge on any atom is 0.326 e. The molecular formula is C15H26N2O4. The van der Waals surface area contributed by atoms with E-state index in [0.29, 0.717) is 37.9 Å². The second kappa shape index (κ2) is 8.77. The first-order chi connectivity index (χ1) is 9.88. The zero-order valence-electron chi connectivity index (χ0n) is 12.9. The number of aliphatic carboxylic acids is 1. The van der Waals surface area contributed by atoms with Gasteiger partial charge in [0.05, 0.1) is 0 Å². The highest BCUT2D eigenvalue weighted by Gasteiger charge is 2.21. The van der Waals surface area contributed by atoms with E-state index in [4.69, 9.17) is 5.11 Å². The molecule has 0 saturated carbocycles. The van der Waals surface area contributed by atoms with Gasteiger partial charge < -0.3 is 15.3 Å². The van der Waals surface area contributed by atoms with Gasteiger partial charge in [-0.25, -0.2) is 4.79 Å². The van der Waals surface area contributed by atoms with Crippen LogP contribution in [0.1, 0.15) is 46.0 Å². The number of likely N-dealkylation sites (tertiary alicyclic amines) is 1. The van der Waals surface area contributed by atoms with Crippen LogP contribution in [0.2, 0.25) is 0 Å². The fourth-order valence-corrected chi connectivity index (χ4v) is 2.45. The van der Waals surface area contributed by atoms with Gasteiger partial charge in [0.25, 0.3) is 0 Å². The lowest BCUT2D eigenvalue weighted by molar-refractivity contribution is -0.142. The van der Waals surface area contributed by atoms with E-state index in [1.165, 1.54) is 0 Å². The predicted molar refractivity (Wildman–Crippen MR) is 78.9 cm³/mol. The molecule has 2 N–H and O–H groups in total. The molecular weight excluding hydrogens is 272 g/mol. The van der Waals surface area contributed by atoms with Crippen molar-refractivity contribution in [3.63, 3.8) is 0 Å². The predicted octanol–water partition coefficient (Wildman–Crippen LogP) is 1.05. The number of Topliss-reactive ketones (excluding diaryl/α,β-unsaturated/α-hetero) is 1. The summed E-state index contributed by atoms with van der Waals surface area (Å²) < 4.78 is 0. The Kier molecular flexibility index (Phi) is 7.36. The third-order valence-corrected chi connectivity index (χ3v) is 3.63. The van der Waals surface area contributed by atoms with Gasteiger partial charge in [-0.1, -0.05) is 13.8 Å². The molecule has 1 rings (SSSR count). The molecule has 0 radical (unpaired) electrons. The lowest BCUT2D eigenvalue weighted by Gasteiger charge is -2.25. The molecule has 0 aliphatic carbocycles. The van der Waals surface area contributed by atoms with Crippen LogP contribution in [-0.4, -0.2) is 53.3 Å². The standard InChI is InChI=1S/C15H26N2O4/c1-11(2)10-13(15(20)21)16-14(19)4-3-7-17-8-5-12(18)6-9-17/h11,13H,3-10H2,1-2H3,(H,16,19)(H,20,21). The Balaban J connectivity index is 2.23. The largest absolute Gasteiger partial charge is 0.480 e. The molecule has 1 atom stereocenters. The van der Waals surface area contributed by atoms with Crippen molar-refractivity contribution in [1.29, 1.82) is 0 Å². The van der Waals surface area contributed by atoms with Gasteiger partial charge in [-0.15, -0.1) is 0 Å². The Morgan fingerprint density at radius 2 is 1.90 bits per heavy atom. The summed E-state index contributed by atoms with van der Waals surface area (Å²) in [6.45, 7) is 6.18. The minimum atomic E-state index is -0.980. The van der Waals surface area contributed by atoms with Gasteiger partial charge in [-0.3, -0.25) is 9.59 Å². The number of nitrogens with zero attached hydrogens (tertiary/aromatic N) is 1. The number of hydrogen-bond acceptors (Lipinski definition) is 4. The number of carbonyl (C=O) groups is 3. The second-order valence-electron chi connectivity index (χ2n) is 6.07. The zero-order chi connectivity index (χ0) is 15.8. The summed E-state index contributed by atoms with van der Waals surface area (Å²) in [6.07, 6.45) is 2.65. The molecule has 1 amide bonds. The Morgan fingerprint density at radius 3 is 2.43 bits per heavy atom. The lowest BCUT2D eigenvalue weighted by Crippen LogP contribution is -2.42. The summed E-state index contributed by atoms with van der Waals surface area (Å²) in [5.41, 5.74) is 0. The van der Waals surface area contributed by atoms with E-state index in [2.05, 4.69) is 10.2 Å². The van der Waals surface area contributed by atoms with Crippen molar-refractivity contribution in [2.75, 3.05) is 19.6 Å². The number of carboxylic acids is 1. The summed E-state index contributed by atoms with van der Waals surface area (Å²) in [5, 5.41) is 11.7. The Bertz CT molecular complexity index is 372. The monoisotopic (exact) mass is 298 g/mol. The van der Waals surface area contributed by atoms with Crippen molar-refractivity contribution < 1.29 is 19.5 Å². The van der Waals surface area contributed by atoms with E-state index in [9.17, 15) is 14.4 Å². The molecule has 1 aliphatic heterocycles. The van der Waals surface area contributed by atoms with Crippen molar-refractivity contribution in [3.05, 3.63) is 0 Å². The average molecular weight is 298 g/mol. The summed E-state index contributed by atoms with van der Waals surface area (Å²) in [4.78, 5) is 36.1. The van der Waals surface area contributed by atoms with E-state index in [-0.39, 0.29) is 11.8 Å². The molecule has 6 nitrogen and oxygen atoms in total. The van der Waals surface area contributed by atoms with E-state index < -0.39 is 12.0 Å². The molecule has 120 valence electrons. The van der Waals surface area contributed by atoms with E-state index in [0.717, 1.165) is 19.6 Å². The van der Waals surface area contributed by atoms with Crippen molar-refractivity contribution >= 4 is 17.7 Å². The van der Waals surface area contributed by atoms with Crippen molar-refractivity contribution in [1.82, 2.24) is 10.2 Å². The van der Waals surface area contributed by atoms with E-state index >= 15 is 0 Å².